The smallest absolute Gasteiger partial charge is 0.197 e. The molecular weight excluding hydrogens is 250 g/mol. The molecule has 0 atom stereocenters. The minimum absolute atomic E-state index is 0. The van der Waals surface area contributed by atoms with Gasteiger partial charge in [-0.05, 0) is 11.4 Å². The maximum atomic E-state index is 10.7. The summed E-state index contributed by atoms with van der Waals surface area (Å²) >= 11 is 0. The Morgan fingerprint density at radius 3 is 2.00 bits per heavy atom. The van der Waals surface area contributed by atoms with Crippen molar-refractivity contribution in [3.8, 4) is 0 Å². The highest BCUT2D eigenvalue weighted by Crippen LogP contribution is 1.89. The molecule has 0 saturated carbocycles. The van der Waals surface area contributed by atoms with Crippen molar-refractivity contribution in [3.63, 3.8) is 0 Å². The summed E-state index contributed by atoms with van der Waals surface area (Å²) in [7, 11) is -3.82. The van der Waals surface area contributed by atoms with Crippen LogP contribution in [-0.2, 0) is 14.5 Å². The molecule has 6 heteroatoms. The van der Waals surface area contributed by atoms with Crippen LogP contribution in [0.5, 0.6) is 0 Å². The maximum Gasteiger partial charge on any atom is 0.297 e. The molecule has 0 aromatic rings. The molecule has 0 aromatic heterocycles. The number of halogens is 2. The summed E-state index contributed by atoms with van der Waals surface area (Å²) < 4.78 is 32.8. The normalized spacial score (nSPS) is 10.2. The Bertz CT molecular complexity index is 120. The van der Waals surface area contributed by atoms with Gasteiger partial charge in [0.15, 0.2) is 0 Å². The van der Waals surface area contributed by atoms with Crippen molar-refractivity contribution >= 4 is 34.1 Å². The Kier molecular flexibility index (Phi) is 6.33. The van der Waals surface area contributed by atoms with Gasteiger partial charge < -0.3 is 0 Å². The lowest BCUT2D eigenvalue weighted by atomic mass is 11.0. The molecular formula is C2H6FIO3S. The monoisotopic (exact) mass is 256 g/mol. The molecule has 0 rings (SSSR count). The number of rotatable bonds is 2. The van der Waals surface area contributed by atoms with E-state index in [-0.39, 0.29) is 29.7 Å². The Labute approximate surface area is 64.3 Å². The molecule has 0 aromatic carbocycles. The molecule has 0 spiro atoms. The summed E-state index contributed by atoms with van der Waals surface area (Å²) in [4.78, 5) is 0. The molecule has 0 heterocycles. The van der Waals surface area contributed by atoms with E-state index in [1.165, 1.54) is 6.92 Å². The van der Waals surface area contributed by atoms with Crippen LogP contribution < -0.4 is 0 Å². The van der Waals surface area contributed by atoms with Crippen LogP contribution in [0.3, 0.4) is 0 Å². The van der Waals surface area contributed by atoms with Crippen LogP contribution in [0.4, 0.5) is 4.53 Å². The molecule has 0 unspecified atom stereocenters. The van der Waals surface area contributed by atoms with Crippen LogP contribution in [0, 0.1) is 0 Å². The minimum atomic E-state index is -3.82. The van der Waals surface area contributed by atoms with Crippen LogP contribution in [-0.4, -0.2) is 14.2 Å². The van der Waals surface area contributed by atoms with Gasteiger partial charge >= 0.3 is 0 Å². The SMILES string of the molecule is CCS(=O)(=O)OF.I. The lowest BCUT2D eigenvalue weighted by molar-refractivity contribution is 0.00319. The van der Waals surface area contributed by atoms with Gasteiger partial charge in [-0.25, -0.2) is 0 Å². The Morgan fingerprint density at radius 2 is 2.00 bits per heavy atom. The van der Waals surface area contributed by atoms with Gasteiger partial charge in [0, 0.05) is 0 Å². The third-order valence-electron chi connectivity index (χ3n) is 0.450. The second kappa shape index (κ2) is 4.45. The van der Waals surface area contributed by atoms with Crippen LogP contribution in [0.2, 0.25) is 0 Å². The molecule has 0 amide bonds. The predicted octanol–water partition coefficient (Wildman–Crippen LogP) is 0.855. The Hall–Kier alpha value is 0.570. The first-order chi connectivity index (χ1) is 3.12. The third kappa shape index (κ3) is 4.72. The summed E-state index contributed by atoms with van der Waals surface area (Å²) in [6, 6.07) is 0. The highest BCUT2D eigenvalue weighted by molar-refractivity contribution is 14.0. The molecule has 0 saturated heterocycles. The molecule has 0 aliphatic rings. The minimum Gasteiger partial charge on any atom is -0.197 e. The van der Waals surface area contributed by atoms with Gasteiger partial charge in [0.2, 0.25) is 0 Å². The van der Waals surface area contributed by atoms with Crippen molar-refractivity contribution in [1.82, 2.24) is 0 Å². The highest BCUT2D eigenvalue weighted by atomic mass is 127. The Balaban J connectivity index is 0. The standard InChI is InChI=1S/C2H5FO3S.HI/c1-2-7(4,5)6-3;/h2H2,1H3;1H. The van der Waals surface area contributed by atoms with E-state index in [1.54, 1.807) is 0 Å². The van der Waals surface area contributed by atoms with Crippen LogP contribution >= 0.6 is 24.0 Å². The molecule has 0 radical (unpaired) electrons. The van der Waals surface area contributed by atoms with E-state index in [0.717, 1.165) is 0 Å². The summed E-state index contributed by atoms with van der Waals surface area (Å²) in [6.45, 7) is 1.29. The van der Waals surface area contributed by atoms with Crippen molar-refractivity contribution in [1.29, 1.82) is 0 Å². The molecule has 0 fully saturated rings. The van der Waals surface area contributed by atoms with E-state index in [0.29, 0.717) is 0 Å². The van der Waals surface area contributed by atoms with Crippen molar-refractivity contribution in [2.45, 2.75) is 6.92 Å². The first-order valence-corrected chi connectivity index (χ1v) is 3.23. The zero-order valence-electron chi connectivity index (χ0n) is 4.13. The van der Waals surface area contributed by atoms with Gasteiger partial charge in [0.05, 0.1) is 5.75 Å². The maximum absolute atomic E-state index is 10.7. The van der Waals surface area contributed by atoms with Crippen LogP contribution in [0.15, 0.2) is 0 Å². The van der Waals surface area contributed by atoms with Gasteiger partial charge in [-0.2, -0.15) is 8.42 Å². The number of hydrogen-bond acceptors (Lipinski definition) is 3. The third-order valence-corrected chi connectivity index (χ3v) is 1.35. The zero-order chi connectivity index (χ0) is 5.91. The average molecular weight is 256 g/mol. The molecule has 52 valence electrons. The van der Waals surface area contributed by atoms with Crippen molar-refractivity contribution in [2.24, 2.45) is 0 Å². The summed E-state index contributed by atoms with van der Waals surface area (Å²) in [6.07, 6.45) is 0. The van der Waals surface area contributed by atoms with Gasteiger partial charge in [0.1, 0.15) is 0 Å². The average Bonchev–Trinajstić information content (AvgIpc) is 1.68. The van der Waals surface area contributed by atoms with Gasteiger partial charge in [-0.15, -0.1) is 24.0 Å². The second-order valence-electron chi connectivity index (χ2n) is 0.909. The van der Waals surface area contributed by atoms with Gasteiger partial charge in [-0.1, -0.05) is 4.39 Å². The first-order valence-electron chi connectivity index (χ1n) is 1.65. The summed E-state index contributed by atoms with van der Waals surface area (Å²) in [5, 5.41) is 0. The van der Waals surface area contributed by atoms with E-state index in [4.69, 9.17) is 0 Å². The van der Waals surface area contributed by atoms with Crippen molar-refractivity contribution < 1.29 is 17.3 Å². The molecule has 3 nitrogen and oxygen atoms in total. The Morgan fingerprint density at radius 1 is 1.62 bits per heavy atom. The zero-order valence-corrected chi connectivity index (χ0v) is 7.27. The fraction of sp³-hybridized carbons (Fsp3) is 1.00. The fourth-order valence-electron chi connectivity index (χ4n) is 0.0445. The molecule has 0 aliphatic heterocycles. The van der Waals surface area contributed by atoms with Crippen molar-refractivity contribution in [3.05, 3.63) is 0 Å². The lowest BCUT2D eigenvalue weighted by Crippen LogP contribution is -2.00. The highest BCUT2D eigenvalue weighted by Gasteiger charge is 2.04. The fourth-order valence-corrected chi connectivity index (χ4v) is 0.134. The number of hydrogen-bond donors (Lipinski definition) is 0. The van der Waals surface area contributed by atoms with E-state index in [2.05, 4.69) is 4.39 Å². The van der Waals surface area contributed by atoms with E-state index in [1.807, 2.05) is 0 Å². The quantitative estimate of drug-likeness (QED) is 0.688. The van der Waals surface area contributed by atoms with Crippen molar-refractivity contribution in [2.75, 3.05) is 5.75 Å². The van der Waals surface area contributed by atoms with E-state index < -0.39 is 10.1 Å². The second-order valence-corrected chi connectivity index (χ2v) is 2.73. The van der Waals surface area contributed by atoms with Crippen LogP contribution in [0.1, 0.15) is 6.92 Å². The molecule has 0 N–H and O–H groups in total. The van der Waals surface area contributed by atoms with Crippen LogP contribution in [0.25, 0.3) is 0 Å². The largest absolute Gasteiger partial charge is 0.297 e. The molecule has 0 aliphatic carbocycles. The van der Waals surface area contributed by atoms with Gasteiger partial charge in [0.25, 0.3) is 10.1 Å². The summed E-state index contributed by atoms with van der Waals surface area (Å²) in [5.74, 6) is -0.330. The summed E-state index contributed by atoms with van der Waals surface area (Å²) in [5.41, 5.74) is 0. The molecule has 0 bridgehead atoms. The van der Waals surface area contributed by atoms with E-state index in [9.17, 15) is 12.9 Å². The topological polar surface area (TPSA) is 43.4 Å². The van der Waals surface area contributed by atoms with E-state index >= 15 is 0 Å². The first kappa shape index (κ1) is 11.4. The van der Waals surface area contributed by atoms with Gasteiger partial charge in [-0.3, -0.25) is 0 Å². The predicted molar refractivity (Wildman–Crippen MR) is 37.1 cm³/mol. The lowest BCUT2D eigenvalue weighted by Gasteiger charge is -1.85. The molecule has 8 heavy (non-hydrogen) atoms.